The van der Waals surface area contributed by atoms with Crippen LogP contribution in [0.2, 0.25) is 0 Å². The number of ether oxygens (including phenoxy) is 1. The van der Waals surface area contributed by atoms with E-state index in [2.05, 4.69) is 24.1 Å². The van der Waals surface area contributed by atoms with Crippen LogP contribution in [-0.2, 0) is 9.53 Å². The van der Waals surface area contributed by atoms with E-state index in [-0.39, 0.29) is 11.7 Å². The predicted molar refractivity (Wildman–Crippen MR) is 82.8 cm³/mol. The lowest BCUT2D eigenvalue weighted by Crippen LogP contribution is -2.45. The zero-order chi connectivity index (χ0) is 15.1. The fourth-order valence-corrected chi connectivity index (χ4v) is 4.20. The van der Waals surface area contributed by atoms with E-state index >= 15 is 0 Å². The van der Waals surface area contributed by atoms with Crippen LogP contribution in [-0.4, -0.2) is 42.8 Å². The molecule has 1 N–H and O–H groups in total. The SMILES string of the molecule is COCCC1(CN2C(=O)C3(CCCC3)NC2C(C)C)CC1. The molecule has 1 unspecified atom stereocenters. The Morgan fingerprint density at radius 2 is 1.95 bits per heavy atom. The minimum atomic E-state index is -0.230. The minimum Gasteiger partial charge on any atom is -0.385 e. The van der Waals surface area contributed by atoms with Crippen molar-refractivity contribution >= 4 is 5.91 Å². The number of carbonyl (C=O) groups is 1. The van der Waals surface area contributed by atoms with Gasteiger partial charge < -0.3 is 9.64 Å². The van der Waals surface area contributed by atoms with Crippen molar-refractivity contribution in [2.24, 2.45) is 11.3 Å². The van der Waals surface area contributed by atoms with Crippen LogP contribution in [0.5, 0.6) is 0 Å². The van der Waals surface area contributed by atoms with Gasteiger partial charge in [-0.3, -0.25) is 10.1 Å². The summed E-state index contributed by atoms with van der Waals surface area (Å²) in [7, 11) is 1.77. The van der Waals surface area contributed by atoms with Crippen LogP contribution in [0.1, 0.15) is 58.8 Å². The van der Waals surface area contributed by atoms with Crippen LogP contribution in [0.4, 0.5) is 0 Å². The summed E-state index contributed by atoms with van der Waals surface area (Å²) in [6, 6.07) is 0. The molecule has 3 fully saturated rings. The maximum atomic E-state index is 13.1. The second-order valence-electron chi connectivity index (χ2n) is 7.80. The quantitative estimate of drug-likeness (QED) is 0.818. The van der Waals surface area contributed by atoms with Crippen molar-refractivity contribution in [3.05, 3.63) is 0 Å². The first-order valence-electron chi connectivity index (χ1n) is 8.60. The van der Waals surface area contributed by atoms with E-state index in [1.807, 2.05) is 0 Å². The van der Waals surface area contributed by atoms with Crippen LogP contribution >= 0.6 is 0 Å². The summed E-state index contributed by atoms with van der Waals surface area (Å²) in [5.41, 5.74) is 0.108. The molecule has 21 heavy (non-hydrogen) atoms. The lowest BCUT2D eigenvalue weighted by atomic mass is 9.97. The van der Waals surface area contributed by atoms with Gasteiger partial charge in [-0.25, -0.2) is 0 Å². The second kappa shape index (κ2) is 5.54. The molecule has 3 aliphatic rings. The molecule has 0 radical (unpaired) electrons. The molecule has 1 saturated heterocycles. The molecule has 3 rings (SSSR count). The van der Waals surface area contributed by atoms with Crippen molar-refractivity contribution in [2.75, 3.05) is 20.3 Å². The van der Waals surface area contributed by atoms with Gasteiger partial charge in [0.25, 0.3) is 0 Å². The van der Waals surface area contributed by atoms with Gasteiger partial charge in [0.1, 0.15) is 0 Å². The Hall–Kier alpha value is -0.610. The third kappa shape index (κ3) is 2.72. The van der Waals surface area contributed by atoms with Crippen molar-refractivity contribution in [1.82, 2.24) is 10.2 Å². The van der Waals surface area contributed by atoms with Gasteiger partial charge in [-0.2, -0.15) is 0 Å². The number of methoxy groups -OCH3 is 1. The molecule has 120 valence electrons. The van der Waals surface area contributed by atoms with E-state index in [4.69, 9.17) is 4.74 Å². The average Bonchev–Trinajstić information content (AvgIpc) is 2.96. The molecule has 1 atom stereocenters. The smallest absolute Gasteiger partial charge is 0.244 e. The number of amides is 1. The Kier molecular flexibility index (Phi) is 4.04. The van der Waals surface area contributed by atoms with Crippen molar-refractivity contribution in [3.63, 3.8) is 0 Å². The van der Waals surface area contributed by atoms with Gasteiger partial charge in [-0.05, 0) is 43.4 Å². The summed E-state index contributed by atoms with van der Waals surface area (Å²) in [6.07, 6.45) is 8.22. The van der Waals surface area contributed by atoms with Gasteiger partial charge in [0, 0.05) is 20.3 Å². The number of hydrogen-bond donors (Lipinski definition) is 1. The number of carbonyl (C=O) groups excluding carboxylic acids is 1. The second-order valence-corrected chi connectivity index (χ2v) is 7.80. The summed E-state index contributed by atoms with van der Waals surface area (Å²) in [5, 5.41) is 3.72. The molecular weight excluding hydrogens is 264 g/mol. The largest absolute Gasteiger partial charge is 0.385 e. The normalized spacial score (nSPS) is 29.8. The summed E-state index contributed by atoms with van der Waals surface area (Å²) in [5.74, 6) is 0.842. The summed E-state index contributed by atoms with van der Waals surface area (Å²) < 4.78 is 5.26. The fourth-order valence-electron chi connectivity index (χ4n) is 4.20. The van der Waals surface area contributed by atoms with Crippen LogP contribution in [0.15, 0.2) is 0 Å². The molecule has 0 aromatic carbocycles. The Bertz CT molecular complexity index is 398. The molecule has 4 nitrogen and oxygen atoms in total. The van der Waals surface area contributed by atoms with Gasteiger partial charge in [0.2, 0.25) is 5.91 Å². The molecule has 2 saturated carbocycles. The average molecular weight is 294 g/mol. The molecule has 0 aromatic heterocycles. The fraction of sp³-hybridized carbons (Fsp3) is 0.941. The Balaban J connectivity index is 1.74. The van der Waals surface area contributed by atoms with Crippen molar-refractivity contribution < 1.29 is 9.53 Å². The maximum Gasteiger partial charge on any atom is 0.244 e. The number of rotatable bonds is 6. The van der Waals surface area contributed by atoms with Crippen LogP contribution < -0.4 is 5.32 Å². The first kappa shape index (κ1) is 15.3. The predicted octanol–water partition coefficient (Wildman–Crippen LogP) is 2.53. The lowest BCUT2D eigenvalue weighted by molar-refractivity contribution is -0.134. The number of nitrogens with zero attached hydrogens (tertiary/aromatic N) is 1. The third-order valence-corrected chi connectivity index (χ3v) is 5.82. The highest BCUT2D eigenvalue weighted by atomic mass is 16.5. The first-order valence-corrected chi connectivity index (χ1v) is 8.60. The molecule has 4 heteroatoms. The number of hydrogen-bond acceptors (Lipinski definition) is 3. The zero-order valence-electron chi connectivity index (χ0n) is 13.8. The zero-order valence-corrected chi connectivity index (χ0v) is 13.8. The van der Waals surface area contributed by atoms with Gasteiger partial charge >= 0.3 is 0 Å². The summed E-state index contributed by atoms with van der Waals surface area (Å²) >= 11 is 0. The van der Waals surface area contributed by atoms with Crippen LogP contribution in [0.25, 0.3) is 0 Å². The monoisotopic (exact) mass is 294 g/mol. The van der Waals surface area contributed by atoms with E-state index < -0.39 is 0 Å². The van der Waals surface area contributed by atoms with E-state index in [0.717, 1.165) is 32.4 Å². The molecule has 2 aliphatic carbocycles. The summed E-state index contributed by atoms with van der Waals surface area (Å²) in [6.45, 7) is 6.18. The van der Waals surface area contributed by atoms with E-state index in [1.165, 1.54) is 25.7 Å². The first-order chi connectivity index (χ1) is 10.0. The van der Waals surface area contributed by atoms with Crippen molar-refractivity contribution in [1.29, 1.82) is 0 Å². The Morgan fingerprint density at radius 1 is 1.29 bits per heavy atom. The summed E-state index contributed by atoms with van der Waals surface area (Å²) in [4.78, 5) is 15.2. The molecule has 1 amide bonds. The topological polar surface area (TPSA) is 41.6 Å². The molecule has 0 aromatic rings. The Morgan fingerprint density at radius 3 is 2.48 bits per heavy atom. The lowest BCUT2D eigenvalue weighted by Gasteiger charge is -2.31. The van der Waals surface area contributed by atoms with Crippen molar-refractivity contribution in [2.45, 2.75) is 70.5 Å². The van der Waals surface area contributed by atoms with Crippen LogP contribution in [0.3, 0.4) is 0 Å². The molecular formula is C17H30N2O2. The van der Waals surface area contributed by atoms with Crippen molar-refractivity contribution in [3.8, 4) is 0 Å². The highest BCUT2D eigenvalue weighted by molar-refractivity contribution is 5.89. The highest BCUT2D eigenvalue weighted by Crippen LogP contribution is 2.51. The highest BCUT2D eigenvalue weighted by Gasteiger charge is 2.55. The van der Waals surface area contributed by atoms with E-state index in [9.17, 15) is 4.79 Å². The number of nitrogens with one attached hydrogen (secondary N) is 1. The van der Waals surface area contributed by atoms with Gasteiger partial charge in [-0.1, -0.05) is 26.7 Å². The van der Waals surface area contributed by atoms with E-state index in [1.54, 1.807) is 7.11 Å². The molecule has 1 aliphatic heterocycles. The standard InChI is InChI=1S/C17H30N2O2/c1-13(2)14-18-17(6-4-5-7-17)15(20)19(14)12-16(8-9-16)10-11-21-3/h13-14,18H,4-12H2,1-3H3. The van der Waals surface area contributed by atoms with Gasteiger partial charge in [0.05, 0.1) is 11.7 Å². The van der Waals surface area contributed by atoms with Gasteiger partial charge in [0.15, 0.2) is 0 Å². The third-order valence-electron chi connectivity index (χ3n) is 5.82. The Labute approximate surface area is 128 Å². The molecule has 1 spiro atoms. The van der Waals surface area contributed by atoms with E-state index in [0.29, 0.717) is 17.2 Å². The molecule has 1 heterocycles. The molecule has 0 bridgehead atoms. The minimum absolute atomic E-state index is 0.218. The maximum absolute atomic E-state index is 13.1. The van der Waals surface area contributed by atoms with Gasteiger partial charge in [-0.15, -0.1) is 0 Å². The van der Waals surface area contributed by atoms with Crippen LogP contribution in [0, 0.1) is 11.3 Å².